The molecule has 1 aromatic carbocycles. The van der Waals surface area contributed by atoms with Gasteiger partial charge in [-0.2, -0.15) is 0 Å². The minimum Gasteiger partial charge on any atom is -0.480 e. The average molecular weight is 307 g/mol. The molecular formula is C17H25NO4. The van der Waals surface area contributed by atoms with Gasteiger partial charge in [0.15, 0.2) is 0 Å². The smallest absolute Gasteiger partial charge is 0.410 e. The number of ether oxygens (including phenoxy) is 1. The van der Waals surface area contributed by atoms with Crippen LogP contribution in [0.3, 0.4) is 0 Å². The SMILES string of the molecule is CCC(C)(C)C[C@H](C(=O)O)N(C)C(=O)OCc1ccccc1. The number of carboxylic acid groups (broad SMARTS) is 1. The Balaban J connectivity index is 2.67. The Morgan fingerprint density at radius 2 is 1.86 bits per heavy atom. The average Bonchev–Trinajstić information content (AvgIpc) is 2.50. The predicted molar refractivity (Wildman–Crippen MR) is 84.5 cm³/mol. The molecule has 0 saturated carbocycles. The summed E-state index contributed by atoms with van der Waals surface area (Å²) in [5.74, 6) is -1.01. The summed E-state index contributed by atoms with van der Waals surface area (Å²) in [5, 5.41) is 9.39. The van der Waals surface area contributed by atoms with E-state index in [-0.39, 0.29) is 12.0 Å². The van der Waals surface area contributed by atoms with Gasteiger partial charge in [-0.05, 0) is 17.4 Å². The highest BCUT2D eigenvalue weighted by atomic mass is 16.6. The summed E-state index contributed by atoms with van der Waals surface area (Å²) in [7, 11) is 1.47. The van der Waals surface area contributed by atoms with Gasteiger partial charge in [-0.1, -0.05) is 57.5 Å². The van der Waals surface area contributed by atoms with Crippen LogP contribution in [-0.2, 0) is 16.1 Å². The topological polar surface area (TPSA) is 66.8 Å². The minimum atomic E-state index is -1.01. The van der Waals surface area contributed by atoms with E-state index < -0.39 is 18.1 Å². The summed E-state index contributed by atoms with van der Waals surface area (Å²) < 4.78 is 5.19. The third-order valence-corrected chi connectivity index (χ3v) is 3.95. The van der Waals surface area contributed by atoms with Gasteiger partial charge in [-0.25, -0.2) is 9.59 Å². The molecule has 0 aliphatic heterocycles. The molecular weight excluding hydrogens is 282 g/mol. The number of likely N-dealkylation sites (N-methyl/N-ethyl adjacent to an activating group) is 1. The van der Waals surface area contributed by atoms with Crippen LogP contribution in [-0.4, -0.2) is 35.2 Å². The highest BCUT2D eigenvalue weighted by Gasteiger charge is 2.32. The van der Waals surface area contributed by atoms with Crippen molar-refractivity contribution in [1.82, 2.24) is 4.90 Å². The van der Waals surface area contributed by atoms with Crippen molar-refractivity contribution >= 4 is 12.1 Å². The monoisotopic (exact) mass is 307 g/mol. The highest BCUT2D eigenvalue weighted by Crippen LogP contribution is 2.28. The number of carbonyl (C=O) groups excluding carboxylic acids is 1. The molecule has 0 aliphatic rings. The van der Waals surface area contributed by atoms with Crippen LogP contribution in [0.25, 0.3) is 0 Å². The zero-order valence-corrected chi connectivity index (χ0v) is 13.7. The number of rotatable bonds is 7. The molecule has 0 aromatic heterocycles. The quantitative estimate of drug-likeness (QED) is 0.836. The number of hydrogen-bond acceptors (Lipinski definition) is 3. The number of hydrogen-bond donors (Lipinski definition) is 1. The van der Waals surface area contributed by atoms with Gasteiger partial charge < -0.3 is 9.84 Å². The van der Waals surface area contributed by atoms with Crippen LogP contribution in [0.1, 0.15) is 39.2 Å². The van der Waals surface area contributed by atoms with Gasteiger partial charge >= 0.3 is 12.1 Å². The molecule has 0 heterocycles. The van der Waals surface area contributed by atoms with Gasteiger partial charge in [-0.15, -0.1) is 0 Å². The summed E-state index contributed by atoms with van der Waals surface area (Å²) >= 11 is 0. The van der Waals surface area contributed by atoms with E-state index in [0.717, 1.165) is 12.0 Å². The van der Waals surface area contributed by atoms with Crippen molar-refractivity contribution in [2.45, 2.75) is 46.3 Å². The zero-order chi connectivity index (χ0) is 16.8. The van der Waals surface area contributed by atoms with Crippen LogP contribution in [0.15, 0.2) is 30.3 Å². The first-order valence-corrected chi connectivity index (χ1v) is 7.43. The first-order chi connectivity index (χ1) is 10.3. The highest BCUT2D eigenvalue weighted by molar-refractivity contribution is 5.79. The number of nitrogens with zero attached hydrogens (tertiary/aromatic N) is 1. The molecule has 0 spiro atoms. The van der Waals surface area contributed by atoms with Crippen molar-refractivity contribution in [3.05, 3.63) is 35.9 Å². The van der Waals surface area contributed by atoms with E-state index in [2.05, 4.69) is 0 Å². The van der Waals surface area contributed by atoms with Gasteiger partial charge in [0.05, 0.1) is 0 Å². The summed E-state index contributed by atoms with van der Waals surface area (Å²) in [5.41, 5.74) is 0.710. The molecule has 0 fully saturated rings. The van der Waals surface area contributed by atoms with E-state index in [1.165, 1.54) is 11.9 Å². The Morgan fingerprint density at radius 1 is 1.27 bits per heavy atom. The fourth-order valence-corrected chi connectivity index (χ4v) is 2.01. The van der Waals surface area contributed by atoms with E-state index in [1.807, 2.05) is 51.1 Å². The molecule has 1 N–H and O–H groups in total. The van der Waals surface area contributed by atoms with Crippen LogP contribution in [0.2, 0.25) is 0 Å². The Kier molecular flexibility index (Phi) is 6.40. The van der Waals surface area contributed by atoms with Gasteiger partial charge in [0.1, 0.15) is 12.6 Å². The zero-order valence-electron chi connectivity index (χ0n) is 13.7. The molecule has 0 radical (unpaired) electrons. The summed E-state index contributed by atoms with van der Waals surface area (Å²) in [6, 6.07) is 8.40. The van der Waals surface area contributed by atoms with Crippen molar-refractivity contribution in [3.8, 4) is 0 Å². The molecule has 1 aromatic rings. The van der Waals surface area contributed by atoms with Gasteiger partial charge in [0.25, 0.3) is 0 Å². The van der Waals surface area contributed by atoms with Crippen molar-refractivity contribution in [1.29, 1.82) is 0 Å². The molecule has 0 unspecified atom stereocenters. The second kappa shape index (κ2) is 7.82. The minimum absolute atomic E-state index is 0.132. The van der Waals surface area contributed by atoms with Gasteiger partial charge in [0.2, 0.25) is 0 Å². The predicted octanol–water partition coefficient (Wildman–Crippen LogP) is 3.53. The third-order valence-electron chi connectivity index (χ3n) is 3.95. The Labute approximate surface area is 131 Å². The van der Waals surface area contributed by atoms with Crippen LogP contribution in [0.5, 0.6) is 0 Å². The number of carbonyl (C=O) groups is 2. The molecule has 0 bridgehead atoms. The van der Waals surface area contributed by atoms with E-state index in [1.54, 1.807) is 0 Å². The Bertz CT molecular complexity index is 499. The molecule has 5 heteroatoms. The molecule has 1 rings (SSSR count). The third kappa shape index (κ3) is 5.39. The maximum atomic E-state index is 12.1. The van der Waals surface area contributed by atoms with Crippen molar-refractivity contribution < 1.29 is 19.4 Å². The lowest BCUT2D eigenvalue weighted by molar-refractivity contribution is -0.143. The summed E-state index contributed by atoms with van der Waals surface area (Å²) in [4.78, 5) is 24.7. The van der Waals surface area contributed by atoms with Crippen molar-refractivity contribution in [2.24, 2.45) is 5.41 Å². The maximum Gasteiger partial charge on any atom is 0.410 e. The largest absolute Gasteiger partial charge is 0.480 e. The number of carboxylic acids is 1. The normalized spacial score (nSPS) is 12.5. The first kappa shape index (κ1) is 18.0. The molecule has 1 amide bonds. The summed E-state index contributed by atoms with van der Waals surface area (Å²) in [6.07, 6.45) is 0.600. The molecule has 0 saturated heterocycles. The lowest BCUT2D eigenvalue weighted by atomic mass is 9.83. The molecule has 22 heavy (non-hydrogen) atoms. The first-order valence-electron chi connectivity index (χ1n) is 7.43. The van der Waals surface area contributed by atoms with E-state index >= 15 is 0 Å². The molecule has 5 nitrogen and oxygen atoms in total. The molecule has 1 atom stereocenters. The molecule has 122 valence electrons. The van der Waals surface area contributed by atoms with Crippen LogP contribution in [0, 0.1) is 5.41 Å². The van der Waals surface area contributed by atoms with E-state index in [0.29, 0.717) is 6.42 Å². The second-order valence-corrected chi connectivity index (χ2v) is 6.23. The second-order valence-electron chi connectivity index (χ2n) is 6.23. The fourth-order valence-electron chi connectivity index (χ4n) is 2.01. The van der Waals surface area contributed by atoms with Crippen LogP contribution < -0.4 is 0 Å². The fraction of sp³-hybridized carbons (Fsp3) is 0.529. The standard InChI is InChI=1S/C17H25NO4/c1-5-17(2,3)11-14(15(19)20)18(4)16(21)22-12-13-9-7-6-8-10-13/h6-10,14H,5,11-12H2,1-4H3,(H,19,20)/t14-/m1/s1. The van der Waals surface area contributed by atoms with Crippen LogP contribution >= 0.6 is 0 Å². The number of amides is 1. The Morgan fingerprint density at radius 3 is 2.36 bits per heavy atom. The van der Waals surface area contributed by atoms with E-state index in [4.69, 9.17) is 4.74 Å². The Hall–Kier alpha value is -2.04. The summed E-state index contributed by atoms with van der Waals surface area (Å²) in [6.45, 7) is 6.12. The van der Waals surface area contributed by atoms with Crippen molar-refractivity contribution in [3.63, 3.8) is 0 Å². The number of aliphatic carboxylic acids is 1. The van der Waals surface area contributed by atoms with Crippen LogP contribution in [0.4, 0.5) is 4.79 Å². The molecule has 0 aliphatic carbocycles. The van der Waals surface area contributed by atoms with Gasteiger partial charge in [-0.3, -0.25) is 4.90 Å². The van der Waals surface area contributed by atoms with Crippen molar-refractivity contribution in [2.75, 3.05) is 7.05 Å². The van der Waals surface area contributed by atoms with E-state index in [9.17, 15) is 14.7 Å². The number of benzene rings is 1. The lowest BCUT2D eigenvalue weighted by Gasteiger charge is -2.31. The maximum absolute atomic E-state index is 12.1. The van der Waals surface area contributed by atoms with Gasteiger partial charge in [0, 0.05) is 7.05 Å². The lowest BCUT2D eigenvalue weighted by Crippen LogP contribution is -2.45.